The standard InChI is InChI=1S/C19H24O2/c1-11-9-12-10-13(20)3-4-14(12)15-7-8-19(2)16(18(11)15)5-6-17(19)21/h3-4,10-11,15-16,18,20H,5-9H2,1-2H3/t11-,15-,16+,18-,19?/m1/s1. The molecule has 3 aliphatic rings. The van der Waals surface area contributed by atoms with E-state index in [1.807, 2.05) is 12.1 Å². The third kappa shape index (κ3) is 1.74. The monoisotopic (exact) mass is 284 g/mol. The number of fused-ring (bicyclic) bond motifs is 5. The van der Waals surface area contributed by atoms with Crippen LogP contribution in [0.15, 0.2) is 18.2 Å². The van der Waals surface area contributed by atoms with E-state index in [2.05, 4.69) is 19.9 Å². The molecule has 0 heterocycles. The Hall–Kier alpha value is -1.31. The number of aromatic hydroxyl groups is 1. The van der Waals surface area contributed by atoms with E-state index >= 15 is 0 Å². The Labute approximate surface area is 126 Å². The van der Waals surface area contributed by atoms with Crippen molar-refractivity contribution in [2.75, 3.05) is 0 Å². The Bertz CT molecular complexity index is 606. The summed E-state index contributed by atoms with van der Waals surface area (Å²) in [7, 11) is 0. The number of carbonyl (C=O) groups is 1. The summed E-state index contributed by atoms with van der Waals surface area (Å²) in [6.45, 7) is 4.57. The lowest BCUT2D eigenvalue weighted by atomic mass is 9.53. The molecule has 5 atom stereocenters. The van der Waals surface area contributed by atoms with Gasteiger partial charge in [0.25, 0.3) is 0 Å². The van der Waals surface area contributed by atoms with Crippen molar-refractivity contribution in [2.24, 2.45) is 23.2 Å². The van der Waals surface area contributed by atoms with Gasteiger partial charge in [0, 0.05) is 11.8 Å². The fourth-order valence-corrected chi connectivity index (χ4v) is 5.74. The minimum atomic E-state index is -0.0517. The maximum atomic E-state index is 12.4. The summed E-state index contributed by atoms with van der Waals surface area (Å²) in [5, 5.41) is 9.75. The maximum absolute atomic E-state index is 12.4. The zero-order valence-corrected chi connectivity index (χ0v) is 12.9. The molecule has 0 amide bonds. The zero-order valence-electron chi connectivity index (χ0n) is 12.9. The van der Waals surface area contributed by atoms with Gasteiger partial charge < -0.3 is 5.11 Å². The van der Waals surface area contributed by atoms with Gasteiger partial charge in [-0.05, 0) is 72.6 Å². The lowest BCUT2D eigenvalue weighted by Crippen LogP contribution is -2.45. The molecule has 1 unspecified atom stereocenters. The van der Waals surface area contributed by atoms with Crippen LogP contribution in [0.5, 0.6) is 5.75 Å². The number of benzene rings is 1. The second-order valence-corrected chi connectivity index (χ2v) is 7.77. The topological polar surface area (TPSA) is 37.3 Å². The summed E-state index contributed by atoms with van der Waals surface area (Å²) in [4.78, 5) is 12.4. The molecule has 21 heavy (non-hydrogen) atoms. The lowest BCUT2D eigenvalue weighted by molar-refractivity contribution is -0.129. The van der Waals surface area contributed by atoms with Crippen LogP contribution in [-0.2, 0) is 11.2 Å². The highest BCUT2D eigenvalue weighted by molar-refractivity contribution is 5.87. The molecular formula is C19H24O2. The molecule has 112 valence electrons. The van der Waals surface area contributed by atoms with Crippen LogP contribution in [0.3, 0.4) is 0 Å². The minimum absolute atomic E-state index is 0.0517. The Morgan fingerprint density at radius 3 is 2.90 bits per heavy atom. The van der Waals surface area contributed by atoms with Crippen molar-refractivity contribution in [1.29, 1.82) is 0 Å². The smallest absolute Gasteiger partial charge is 0.139 e. The molecular weight excluding hydrogens is 260 g/mol. The van der Waals surface area contributed by atoms with Gasteiger partial charge in [0.1, 0.15) is 11.5 Å². The summed E-state index contributed by atoms with van der Waals surface area (Å²) in [6.07, 6.45) is 5.11. The van der Waals surface area contributed by atoms with Gasteiger partial charge in [-0.1, -0.05) is 19.9 Å². The minimum Gasteiger partial charge on any atom is -0.508 e. The molecule has 0 aromatic heterocycles. The van der Waals surface area contributed by atoms with Crippen molar-refractivity contribution in [2.45, 2.75) is 51.9 Å². The molecule has 3 aliphatic carbocycles. The number of rotatable bonds is 0. The van der Waals surface area contributed by atoms with Gasteiger partial charge in [-0.3, -0.25) is 4.79 Å². The third-order valence-corrected chi connectivity index (χ3v) is 6.77. The number of carbonyl (C=O) groups excluding carboxylic acids is 1. The van der Waals surface area contributed by atoms with Crippen LogP contribution in [0.25, 0.3) is 0 Å². The SMILES string of the molecule is C[C@@H]1Cc2cc(O)ccc2[C@H]2CCC3(C)C(=O)CC[C@H]3[C@H]12. The van der Waals surface area contributed by atoms with E-state index in [4.69, 9.17) is 0 Å². The van der Waals surface area contributed by atoms with Gasteiger partial charge >= 0.3 is 0 Å². The predicted molar refractivity (Wildman–Crippen MR) is 82.3 cm³/mol. The Morgan fingerprint density at radius 1 is 1.29 bits per heavy atom. The molecule has 0 saturated heterocycles. The van der Waals surface area contributed by atoms with Crippen molar-refractivity contribution in [1.82, 2.24) is 0 Å². The number of hydrogen-bond acceptors (Lipinski definition) is 2. The molecule has 1 aromatic carbocycles. The number of Topliss-reactive ketones (excluding diaryl/α,β-unsaturated/α-hetero) is 1. The number of ketones is 1. The van der Waals surface area contributed by atoms with Gasteiger partial charge in [-0.15, -0.1) is 0 Å². The van der Waals surface area contributed by atoms with Gasteiger partial charge in [-0.25, -0.2) is 0 Å². The molecule has 0 bridgehead atoms. The fraction of sp³-hybridized carbons (Fsp3) is 0.632. The molecule has 0 spiro atoms. The van der Waals surface area contributed by atoms with Gasteiger partial charge in [-0.2, -0.15) is 0 Å². The van der Waals surface area contributed by atoms with Crippen LogP contribution < -0.4 is 0 Å². The zero-order chi connectivity index (χ0) is 14.8. The van der Waals surface area contributed by atoms with E-state index in [9.17, 15) is 9.90 Å². The fourth-order valence-electron chi connectivity index (χ4n) is 5.74. The van der Waals surface area contributed by atoms with E-state index < -0.39 is 0 Å². The van der Waals surface area contributed by atoms with Crippen LogP contribution in [0.2, 0.25) is 0 Å². The molecule has 2 nitrogen and oxygen atoms in total. The predicted octanol–water partition coefficient (Wildman–Crippen LogP) is 4.06. The number of hydrogen-bond donors (Lipinski definition) is 1. The highest BCUT2D eigenvalue weighted by Gasteiger charge is 2.56. The average Bonchev–Trinajstić information content (AvgIpc) is 2.74. The van der Waals surface area contributed by atoms with Crippen LogP contribution in [0.1, 0.15) is 56.6 Å². The second-order valence-electron chi connectivity index (χ2n) is 7.77. The normalized spacial score (nSPS) is 41.3. The second kappa shape index (κ2) is 4.34. The molecule has 1 N–H and O–H groups in total. The Kier molecular flexibility index (Phi) is 2.76. The van der Waals surface area contributed by atoms with E-state index in [0.717, 1.165) is 32.1 Å². The van der Waals surface area contributed by atoms with E-state index in [1.165, 1.54) is 11.1 Å². The van der Waals surface area contributed by atoms with Crippen molar-refractivity contribution >= 4 is 5.78 Å². The van der Waals surface area contributed by atoms with Gasteiger partial charge in [0.2, 0.25) is 0 Å². The first-order valence-electron chi connectivity index (χ1n) is 8.36. The first-order chi connectivity index (χ1) is 10.0. The third-order valence-electron chi connectivity index (χ3n) is 6.77. The highest BCUT2D eigenvalue weighted by atomic mass is 16.3. The summed E-state index contributed by atoms with van der Waals surface area (Å²) >= 11 is 0. The van der Waals surface area contributed by atoms with Crippen LogP contribution in [-0.4, -0.2) is 10.9 Å². The maximum Gasteiger partial charge on any atom is 0.139 e. The average molecular weight is 284 g/mol. The molecule has 2 saturated carbocycles. The van der Waals surface area contributed by atoms with E-state index in [-0.39, 0.29) is 5.41 Å². The molecule has 2 fully saturated rings. The van der Waals surface area contributed by atoms with Crippen LogP contribution in [0, 0.1) is 23.2 Å². The van der Waals surface area contributed by atoms with Crippen molar-refractivity contribution in [3.8, 4) is 5.75 Å². The molecule has 4 rings (SSSR count). The summed E-state index contributed by atoms with van der Waals surface area (Å²) < 4.78 is 0. The summed E-state index contributed by atoms with van der Waals surface area (Å²) in [6, 6.07) is 5.92. The van der Waals surface area contributed by atoms with Crippen molar-refractivity contribution in [3.63, 3.8) is 0 Å². The molecule has 0 aliphatic heterocycles. The van der Waals surface area contributed by atoms with E-state index in [1.54, 1.807) is 0 Å². The first kappa shape index (κ1) is 13.4. The summed E-state index contributed by atoms with van der Waals surface area (Å²) in [5.41, 5.74) is 2.72. The number of phenols is 1. The Morgan fingerprint density at radius 2 is 2.10 bits per heavy atom. The summed E-state index contributed by atoms with van der Waals surface area (Å²) in [5.74, 6) is 3.31. The van der Waals surface area contributed by atoms with Crippen molar-refractivity contribution in [3.05, 3.63) is 29.3 Å². The quantitative estimate of drug-likeness (QED) is 0.780. The Balaban J connectivity index is 1.77. The largest absolute Gasteiger partial charge is 0.508 e. The van der Waals surface area contributed by atoms with Crippen LogP contribution in [0.4, 0.5) is 0 Å². The number of phenolic OH excluding ortho intramolecular Hbond substituents is 1. The highest BCUT2D eigenvalue weighted by Crippen LogP contribution is 2.60. The first-order valence-corrected chi connectivity index (χ1v) is 8.36. The molecule has 1 aromatic rings. The van der Waals surface area contributed by atoms with E-state index in [0.29, 0.717) is 35.2 Å². The van der Waals surface area contributed by atoms with Gasteiger partial charge in [0.15, 0.2) is 0 Å². The molecule has 2 heteroatoms. The van der Waals surface area contributed by atoms with Crippen molar-refractivity contribution < 1.29 is 9.90 Å². The lowest BCUT2D eigenvalue weighted by Gasteiger charge is -2.51. The molecule has 0 radical (unpaired) electrons. The van der Waals surface area contributed by atoms with Gasteiger partial charge in [0.05, 0.1) is 0 Å². The van der Waals surface area contributed by atoms with Crippen LogP contribution >= 0.6 is 0 Å².